The highest BCUT2D eigenvalue weighted by molar-refractivity contribution is 5.50. The monoisotopic (exact) mass is 271 g/mol. The molecule has 2 N–H and O–H groups in total. The molecule has 0 aliphatic rings. The maximum Gasteiger partial charge on any atom is 0.149 e. The lowest BCUT2D eigenvalue weighted by Crippen LogP contribution is -2.03. The van der Waals surface area contributed by atoms with Gasteiger partial charge in [0.1, 0.15) is 17.5 Å². The Labute approximate surface area is 115 Å². The Bertz CT molecular complexity index is 702. The first-order chi connectivity index (χ1) is 9.74. The van der Waals surface area contributed by atoms with Gasteiger partial charge in [0.05, 0.1) is 12.2 Å². The molecule has 102 valence electrons. The third-order valence-corrected chi connectivity index (χ3v) is 3.05. The Morgan fingerprint density at radius 1 is 1.30 bits per heavy atom. The van der Waals surface area contributed by atoms with E-state index in [2.05, 4.69) is 20.3 Å². The Kier molecular flexibility index (Phi) is 3.20. The zero-order valence-electron chi connectivity index (χ0n) is 11.0. The molecule has 0 unspecified atom stereocenters. The Balaban J connectivity index is 1.79. The average Bonchev–Trinajstić information content (AvgIpc) is 3.08. The number of hydrogen-bond donors (Lipinski definition) is 2. The van der Waals surface area contributed by atoms with Crippen LogP contribution in [0.1, 0.15) is 11.6 Å². The van der Waals surface area contributed by atoms with Crippen LogP contribution in [0, 0.1) is 12.7 Å². The predicted molar refractivity (Wildman–Crippen MR) is 74.2 cm³/mol. The smallest absolute Gasteiger partial charge is 0.149 e. The van der Waals surface area contributed by atoms with Crippen LogP contribution in [0.3, 0.4) is 0 Å². The average molecular weight is 271 g/mol. The van der Waals surface area contributed by atoms with Crippen molar-refractivity contribution in [3.63, 3.8) is 0 Å². The van der Waals surface area contributed by atoms with E-state index in [0.717, 1.165) is 11.6 Å². The topological polar surface area (TPSA) is 58.5 Å². The first kappa shape index (κ1) is 12.4. The number of nitrogens with zero attached hydrogens (tertiary/aromatic N) is 3. The van der Waals surface area contributed by atoms with Crippen molar-refractivity contribution in [1.82, 2.24) is 19.5 Å². The number of halogens is 1. The molecule has 20 heavy (non-hydrogen) atoms. The molecule has 0 saturated heterocycles. The molecule has 2 aromatic heterocycles. The van der Waals surface area contributed by atoms with Gasteiger partial charge < -0.3 is 14.9 Å². The summed E-state index contributed by atoms with van der Waals surface area (Å²) in [7, 11) is 0. The fourth-order valence-electron chi connectivity index (χ4n) is 2.03. The summed E-state index contributed by atoms with van der Waals surface area (Å²) in [6.45, 7) is 2.36. The number of aromatic nitrogens is 4. The van der Waals surface area contributed by atoms with E-state index >= 15 is 0 Å². The van der Waals surface area contributed by atoms with Gasteiger partial charge in [-0.25, -0.2) is 14.4 Å². The Morgan fingerprint density at radius 3 is 2.85 bits per heavy atom. The van der Waals surface area contributed by atoms with Crippen molar-refractivity contribution in [2.24, 2.45) is 0 Å². The molecule has 0 aliphatic heterocycles. The normalized spacial score (nSPS) is 10.7. The Morgan fingerprint density at radius 2 is 2.20 bits per heavy atom. The number of hydrogen-bond acceptors (Lipinski definition) is 3. The fourth-order valence-corrected chi connectivity index (χ4v) is 2.03. The number of rotatable bonds is 4. The minimum absolute atomic E-state index is 0.296. The second-order valence-electron chi connectivity index (χ2n) is 4.40. The maximum absolute atomic E-state index is 14.1. The highest BCUT2D eigenvalue weighted by atomic mass is 19.1. The van der Waals surface area contributed by atoms with Crippen LogP contribution >= 0.6 is 0 Å². The molecule has 1 aromatic carbocycles. The van der Waals surface area contributed by atoms with Gasteiger partial charge in [-0.2, -0.15) is 0 Å². The molecule has 0 saturated carbocycles. The summed E-state index contributed by atoms with van der Waals surface area (Å²) in [6, 6.07) is 5.03. The number of anilines is 1. The van der Waals surface area contributed by atoms with Crippen molar-refractivity contribution in [3.8, 4) is 5.69 Å². The lowest BCUT2D eigenvalue weighted by atomic mass is 10.2. The Hall–Kier alpha value is -2.63. The number of H-pyrrole nitrogens is 1. The van der Waals surface area contributed by atoms with E-state index in [-0.39, 0.29) is 5.82 Å². The number of aryl methyl sites for hydroxylation is 1. The lowest BCUT2D eigenvalue weighted by Gasteiger charge is -2.09. The van der Waals surface area contributed by atoms with Crippen molar-refractivity contribution < 1.29 is 4.39 Å². The minimum atomic E-state index is -0.296. The maximum atomic E-state index is 14.1. The van der Waals surface area contributed by atoms with Crippen molar-refractivity contribution >= 4 is 5.69 Å². The van der Waals surface area contributed by atoms with E-state index in [0.29, 0.717) is 17.9 Å². The van der Waals surface area contributed by atoms with Gasteiger partial charge in [-0.05, 0) is 25.1 Å². The van der Waals surface area contributed by atoms with Gasteiger partial charge in [-0.1, -0.05) is 0 Å². The van der Waals surface area contributed by atoms with Crippen LogP contribution < -0.4 is 5.32 Å². The standard InChI is InChI=1S/C14H14FN5/c1-10-16-6-7-20(10)13-3-2-11(8-12(13)15)19-9-14-17-4-5-18-14/h2-8,19H,9H2,1H3,(H,17,18). The van der Waals surface area contributed by atoms with Crippen LogP contribution in [0.25, 0.3) is 5.69 Å². The third kappa shape index (κ3) is 2.40. The predicted octanol–water partition coefficient (Wildman–Crippen LogP) is 2.66. The van der Waals surface area contributed by atoms with Gasteiger partial charge in [-0.3, -0.25) is 0 Å². The summed E-state index contributed by atoms with van der Waals surface area (Å²) in [5, 5.41) is 3.12. The zero-order chi connectivity index (χ0) is 13.9. The van der Waals surface area contributed by atoms with E-state index in [1.54, 1.807) is 35.4 Å². The molecule has 0 atom stereocenters. The summed E-state index contributed by atoms with van der Waals surface area (Å²) in [5.41, 5.74) is 1.20. The first-order valence-electron chi connectivity index (χ1n) is 6.26. The van der Waals surface area contributed by atoms with Crippen molar-refractivity contribution in [1.29, 1.82) is 0 Å². The van der Waals surface area contributed by atoms with Gasteiger partial charge in [0.15, 0.2) is 0 Å². The summed E-state index contributed by atoms with van der Waals surface area (Å²) in [5.74, 6) is 1.26. The third-order valence-electron chi connectivity index (χ3n) is 3.05. The molecule has 3 rings (SSSR count). The van der Waals surface area contributed by atoms with E-state index in [4.69, 9.17) is 0 Å². The van der Waals surface area contributed by atoms with Gasteiger partial charge >= 0.3 is 0 Å². The van der Waals surface area contributed by atoms with Crippen LogP contribution in [-0.4, -0.2) is 19.5 Å². The van der Waals surface area contributed by atoms with Crippen molar-refractivity contribution in [2.45, 2.75) is 13.5 Å². The second kappa shape index (κ2) is 5.16. The number of nitrogens with one attached hydrogen (secondary N) is 2. The summed E-state index contributed by atoms with van der Waals surface area (Å²) in [6.07, 6.45) is 6.83. The largest absolute Gasteiger partial charge is 0.378 e. The van der Waals surface area contributed by atoms with E-state index in [9.17, 15) is 4.39 Å². The van der Waals surface area contributed by atoms with Crippen LogP contribution in [0.2, 0.25) is 0 Å². The van der Waals surface area contributed by atoms with E-state index in [1.807, 2.05) is 13.0 Å². The van der Waals surface area contributed by atoms with Gasteiger partial charge in [-0.15, -0.1) is 0 Å². The SMILES string of the molecule is Cc1nccn1-c1ccc(NCc2ncc[nH]2)cc1F. The summed E-state index contributed by atoms with van der Waals surface area (Å²) in [4.78, 5) is 11.2. The molecule has 0 fully saturated rings. The fraction of sp³-hybridized carbons (Fsp3) is 0.143. The molecule has 6 heteroatoms. The van der Waals surface area contributed by atoms with Gasteiger partial charge in [0.2, 0.25) is 0 Å². The molecular formula is C14H14FN5. The molecule has 0 amide bonds. The van der Waals surface area contributed by atoms with Crippen LogP contribution in [0.15, 0.2) is 43.0 Å². The minimum Gasteiger partial charge on any atom is -0.378 e. The molecule has 3 aromatic rings. The van der Waals surface area contributed by atoms with Crippen molar-refractivity contribution in [3.05, 3.63) is 60.5 Å². The first-order valence-corrected chi connectivity index (χ1v) is 6.26. The second-order valence-corrected chi connectivity index (χ2v) is 4.40. The van der Waals surface area contributed by atoms with Gasteiger partial charge in [0, 0.05) is 30.5 Å². The lowest BCUT2D eigenvalue weighted by molar-refractivity contribution is 0.617. The van der Waals surface area contributed by atoms with E-state index < -0.39 is 0 Å². The van der Waals surface area contributed by atoms with Crippen LogP contribution in [0.4, 0.5) is 10.1 Å². The number of benzene rings is 1. The zero-order valence-corrected chi connectivity index (χ0v) is 11.0. The molecule has 5 nitrogen and oxygen atoms in total. The molecule has 0 bridgehead atoms. The number of aromatic amines is 1. The van der Waals surface area contributed by atoms with E-state index in [1.165, 1.54) is 6.07 Å². The highest BCUT2D eigenvalue weighted by Crippen LogP contribution is 2.19. The van der Waals surface area contributed by atoms with Crippen molar-refractivity contribution in [2.75, 3.05) is 5.32 Å². The number of imidazole rings is 2. The quantitative estimate of drug-likeness (QED) is 0.767. The molecule has 0 spiro atoms. The highest BCUT2D eigenvalue weighted by Gasteiger charge is 2.07. The molecule has 0 radical (unpaired) electrons. The molecule has 2 heterocycles. The van der Waals surface area contributed by atoms with Gasteiger partial charge in [0.25, 0.3) is 0 Å². The van der Waals surface area contributed by atoms with Crippen LogP contribution in [-0.2, 0) is 6.54 Å². The summed E-state index contributed by atoms with van der Waals surface area (Å²) < 4.78 is 15.9. The van der Waals surface area contributed by atoms with Crippen LogP contribution in [0.5, 0.6) is 0 Å². The summed E-state index contributed by atoms with van der Waals surface area (Å²) >= 11 is 0. The molecule has 0 aliphatic carbocycles. The molecular weight excluding hydrogens is 257 g/mol.